The van der Waals surface area contributed by atoms with E-state index in [1.165, 1.54) is 0 Å². The average Bonchev–Trinajstić information content (AvgIpc) is 2.54. The van der Waals surface area contributed by atoms with Gasteiger partial charge in [-0.3, -0.25) is 4.90 Å². The van der Waals surface area contributed by atoms with E-state index in [9.17, 15) is 9.70 Å². The van der Waals surface area contributed by atoms with Gasteiger partial charge >= 0.3 is 6.09 Å². The molecule has 132 valence electrons. The van der Waals surface area contributed by atoms with Crippen molar-refractivity contribution in [2.45, 2.75) is 26.4 Å². The van der Waals surface area contributed by atoms with Gasteiger partial charge in [0, 0.05) is 54.9 Å². The summed E-state index contributed by atoms with van der Waals surface area (Å²) >= 11 is 0. The molecule has 0 bridgehead atoms. The first kappa shape index (κ1) is 18.2. The van der Waals surface area contributed by atoms with E-state index in [4.69, 9.17) is 9.47 Å². The summed E-state index contributed by atoms with van der Waals surface area (Å²) in [5, 5.41) is 1.83. The molecule has 1 aromatic carbocycles. The van der Waals surface area contributed by atoms with Gasteiger partial charge in [-0.1, -0.05) is 0 Å². The zero-order valence-corrected chi connectivity index (χ0v) is 14.6. The van der Waals surface area contributed by atoms with E-state index in [1.807, 2.05) is 25.9 Å². The largest absolute Gasteiger partial charge is 0.492 e. The van der Waals surface area contributed by atoms with E-state index in [1.54, 1.807) is 29.2 Å². The maximum absolute atomic E-state index is 12.0. The van der Waals surface area contributed by atoms with Gasteiger partial charge in [-0.2, -0.15) is 0 Å². The fourth-order valence-electron chi connectivity index (χ4n) is 2.39. The lowest BCUT2D eigenvalue weighted by Crippen LogP contribution is -2.55. The van der Waals surface area contributed by atoms with Crippen molar-refractivity contribution in [3.05, 3.63) is 29.2 Å². The number of nitrogens with one attached hydrogen (secondary N) is 1. The third kappa shape index (κ3) is 5.81. The molecular formula is C17H26N3O4+. The summed E-state index contributed by atoms with van der Waals surface area (Å²) < 4.78 is 11.1. The third-order valence-corrected chi connectivity index (χ3v) is 3.67. The fraction of sp³-hybridized carbons (Fsp3) is 0.588. The van der Waals surface area contributed by atoms with E-state index < -0.39 is 5.60 Å². The fourth-order valence-corrected chi connectivity index (χ4v) is 2.39. The van der Waals surface area contributed by atoms with Crippen LogP contribution < -0.4 is 9.91 Å². The monoisotopic (exact) mass is 336 g/mol. The number of ether oxygens (including phenoxy) is 2. The van der Waals surface area contributed by atoms with Crippen LogP contribution >= 0.6 is 0 Å². The van der Waals surface area contributed by atoms with Gasteiger partial charge in [-0.05, 0) is 32.9 Å². The van der Waals surface area contributed by atoms with E-state index in [0.29, 0.717) is 25.4 Å². The summed E-state index contributed by atoms with van der Waals surface area (Å²) in [5.74, 6) is 0.737. The molecule has 1 heterocycles. The summed E-state index contributed by atoms with van der Waals surface area (Å²) in [5.41, 5.74) is 0.0553. The van der Waals surface area contributed by atoms with Crippen molar-refractivity contribution in [3.63, 3.8) is 0 Å². The summed E-state index contributed by atoms with van der Waals surface area (Å²) in [4.78, 5) is 26.5. The molecular weight excluding hydrogens is 310 g/mol. The molecule has 1 saturated heterocycles. The van der Waals surface area contributed by atoms with Crippen molar-refractivity contribution in [1.29, 1.82) is 0 Å². The standard InChI is InChI=1S/C17H25N3O4/c1-17(2,3)24-16(21)20-10-8-19(9-11-20)12-13-23-15-6-4-14(18-22)5-7-15/h4-7H,8-13H2,1-3H3/p+1. The van der Waals surface area contributed by atoms with Crippen molar-refractivity contribution in [2.75, 3.05) is 39.3 Å². The third-order valence-electron chi connectivity index (χ3n) is 3.67. The van der Waals surface area contributed by atoms with Gasteiger partial charge in [0.05, 0.1) is 0 Å². The van der Waals surface area contributed by atoms with Crippen LogP contribution in [-0.4, -0.2) is 60.8 Å². The van der Waals surface area contributed by atoms with E-state index in [2.05, 4.69) is 4.90 Å². The molecule has 2 rings (SSSR count). The van der Waals surface area contributed by atoms with E-state index in [-0.39, 0.29) is 6.09 Å². The van der Waals surface area contributed by atoms with Crippen LogP contribution in [-0.2, 0) is 4.74 Å². The second-order valence-corrected chi connectivity index (χ2v) is 6.78. The number of hydrogen-bond acceptors (Lipinski definition) is 5. The Labute approximate surface area is 142 Å². The Bertz CT molecular complexity index is 546. The molecule has 0 aromatic heterocycles. The molecule has 1 amide bonds. The number of piperazine rings is 1. The molecule has 0 aliphatic carbocycles. The molecule has 1 fully saturated rings. The van der Waals surface area contributed by atoms with Crippen LogP contribution in [0.15, 0.2) is 24.3 Å². The Hall–Kier alpha value is -2.15. The van der Waals surface area contributed by atoms with Gasteiger partial charge in [0.1, 0.15) is 18.0 Å². The van der Waals surface area contributed by atoms with Crippen molar-refractivity contribution in [3.8, 4) is 5.75 Å². The molecule has 1 aliphatic rings. The number of carbonyl (C=O) groups is 1. The highest BCUT2D eigenvalue weighted by atomic mass is 16.6. The van der Waals surface area contributed by atoms with Crippen LogP contribution in [0.1, 0.15) is 20.8 Å². The second kappa shape index (κ2) is 8.10. The number of rotatable bonds is 5. The maximum Gasteiger partial charge on any atom is 0.410 e. The molecule has 1 aromatic rings. The number of nitrogens with zero attached hydrogens (tertiary/aromatic N) is 2. The number of amides is 1. The first-order chi connectivity index (χ1) is 11.4. The molecule has 1 N–H and O–H groups in total. The molecule has 0 atom stereocenters. The normalized spacial score (nSPS) is 15.9. The second-order valence-electron chi connectivity index (χ2n) is 6.78. The quantitative estimate of drug-likeness (QED) is 0.872. The lowest BCUT2D eigenvalue weighted by molar-refractivity contribution is -0.379. The number of nitroso groups, excluding NO2 is 1. The molecule has 1 aliphatic heterocycles. The summed E-state index contributed by atoms with van der Waals surface area (Å²) in [6, 6.07) is 6.89. The maximum atomic E-state index is 12.0. The van der Waals surface area contributed by atoms with Crippen molar-refractivity contribution in [2.24, 2.45) is 0 Å². The molecule has 0 spiro atoms. The Kier molecular flexibility index (Phi) is 6.14. The molecule has 24 heavy (non-hydrogen) atoms. The minimum atomic E-state index is -0.459. The van der Waals surface area contributed by atoms with Crippen molar-refractivity contribution < 1.29 is 19.4 Å². The number of benzene rings is 1. The topological polar surface area (TPSA) is 73.1 Å². The van der Waals surface area contributed by atoms with E-state index in [0.717, 1.165) is 25.4 Å². The highest BCUT2D eigenvalue weighted by Gasteiger charge is 2.25. The molecule has 7 nitrogen and oxygen atoms in total. The Morgan fingerprint density at radius 1 is 1.12 bits per heavy atom. The predicted octanol–water partition coefficient (Wildman–Crippen LogP) is 1.10. The zero-order valence-electron chi connectivity index (χ0n) is 14.6. The summed E-state index contributed by atoms with van der Waals surface area (Å²) in [6.45, 7) is 9.93. The van der Waals surface area contributed by atoms with Crippen LogP contribution in [0.3, 0.4) is 0 Å². The Balaban J connectivity index is 1.67. The van der Waals surface area contributed by atoms with Crippen LogP contribution in [0.2, 0.25) is 0 Å². The van der Waals surface area contributed by atoms with Gasteiger partial charge in [0.15, 0.2) is 0 Å². The minimum absolute atomic E-state index is 0.245. The average molecular weight is 336 g/mol. The lowest BCUT2D eigenvalue weighted by Gasteiger charge is -2.35. The zero-order chi connectivity index (χ0) is 17.6. The molecule has 0 unspecified atom stereocenters. The van der Waals surface area contributed by atoms with Gasteiger partial charge < -0.3 is 14.4 Å². The van der Waals surface area contributed by atoms with Crippen LogP contribution in [0, 0.1) is 4.91 Å². The van der Waals surface area contributed by atoms with Crippen molar-refractivity contribution >= 4 is 11.8 Å². The van der Waals surface area contributed by atoms with Crippen LogP contribution in [0.5, 0.6) is 5.75 Å². The van der Waals surface area contributed by atoms with Crippen LogP contribution in [0.25, 0.3) is 0 Å². The summed E-state index contributed by atoms with van der Waals surface area (Å²) in [6.07, 6.45) is -0.245. The molecule has 7 heteroatoms. The SMILES string of the molecule is CC(C)(C)OC(=O)N1CCN(CCOc2ccc([NH+]=O)cc2)CC1. The number of hydrogen-bond donors (Lipinski definition) is 1. The highest BCUT2D eigenvalue weighted by Crippen LogP contribution is 2.13. The van der Waals surface area contributed by atoms with Gasteiger partial charge in [-0.15, -0.1) is 0 Å². The van der Waals surface area contributed by atoms with Gasteiger partial charge in [0.25, 0.3) is 5.69 Å². The van der Waals surface area contributed by atoms with Crippen LogP contribution in [0.4, 0.5) is 10.5 Å². The lowest BCUT2D eigenvalue weighted by atomic mass is 10.2. The first-order valence-corrected chi connectivity index (χ1v) is 8.19. The Morgan fingerprint density at radius 3 is 2.29 bits per heavy atom. The smallest absolute Gasteiger partial charge is 0.410 e. The van der Waals surface area contributed by atoms with Crippen molar-refractivity contribution in [1.82, 2.24) is 9.80 Å². The predicted molar refractivity (Wildman–Crippen MR) is 90.2 cm³/mol. The highest BCUT2D eigenvalue weighted by molar-refractivity contribution is 5.68. The molecule has 0 radical (unpaired) electrons. The van der Waals surface area contributed by atoms with E-state index >= 15 is 0 Å². The minimum Gasteiger partial charge on any atom is -0.492 e. The van der Waals surface area contributed by atoms with Gasteiger partial charge in [0.2, 0.25) is 0 Å². The first-order valence-electron chi connectivity index (χ1n) is 8.19. The summed E-state index contributed by atoms with van der Waals surface area (Å²) in [7, 11) is 0. The molecule has 0 saturated carbocycles. The van der Waals surface area contributed by atoms with Gasteiger partial charge in [-0.25, -0.2) is 4.79 Å². The Morgan fingerprint density at radius 2 is 1.75 bits per heavy atom. The number of carbonyl (C=O) groups excluding carboxylic acids is 1.